The summed E-state index contributed by atoms with van der Waals surface area (Å²) in [4.78, 5) is 0. The van der Waals surface area contributed by atoms with Crippen LogP contribution in [0.4, 0.5) is 0 Å². The molecule has 0 saturated heterocycles. The van der Waals surface area contributed by atoms with Gasteiger partial charge in [0.25, 0.3) is 0 Å². The van der Waals surface area contributed by atoms with E-state index in [4.69, 9.17) is 5.11 Å². The molecule has 0 radical (unpaired) electrons. The number of hydrogen-bond acceptors (Lipinski definition) is 1. The van der Waals surface area contributed by atoms with Crippen LogP contribution in [-0.4, -0.2) is 42.8 Å². The Morgan fingerprint density at radius 2 is 1.35 bits per heavy atom. The molecule has 94 valence electrons. The Hall–Kier alpha value is 0.280. The quantitative estimate of drug-likeness (QED) is 0.558. The van der Waals surface area contributed by atoms with Gasteiger partial charge in [-0.1, -0.05) is 57.6 Å². The minimum absolute atomic E-state index is 0. The summed E-state index contributed by atoms with van der Waals surface area (Å²) in [6.07, 6.45) is 10.6. The second kappa shape index (κ2) is 11.4. The Balaban J connectivity index is 0.00000256. The molecule has 0 heterocycles. The van der Waals surface area contributed by atoms with Crippen molar-refractivity contribution in [3.63, 3.8) is 0 Å². The third-order valence-electron chi connectivity index (χ3n) is 3.01. The molecule has 1 N–H and O–H groups in total. The van der Waals surface area contributed by atoms with Crippen LogP contribution in [0.25, 0.3) is 0 Å². The van der Waals surface area contributed by atoms with Gasteiger partial charge in [0.15, 0.2) is 0 Å². The summed E-state index contributed by atoms with van der Waals surface area (Å²) < 4.78 is 0. The first-order valence-electron chi connectivity index (χ1n) is 6.61. The second-order valence-corrected chi connectivity index (χ2v) is 4.54. The average molecular weight is 262 g/mol. The van der Waals surface area contributed by atoms with Crippen LogP contribution >= 0.6 is 0 Å². The van der Waals surface area contributed by atoms with Crippen molar-refractivity contribution in [2.45, 2.75) is 58.3 Å². The van der Waals surface area contributed by atoms with Crippen molar-refractivity contribution < 1.29 is 5.11 Å². The van der Waals surface area contributed by atoms with E-state index in [1.54, 1.807) is 12.1 Å². The molecule has 0 bridgehead atoms. The van der Waals surface area contributed by atoms with E-state index < -0.39 is 0 Å². The molecule has 17 heavy (non-hydrogen) atoms. The SMILES string of the molecule is CCCCCCCCCc1ccc(O)cc1.[CaH2]. The summed E-state index contributed by atoms with van der Waals surface area (Å²) in [5, 5.41) is 9.15. The molecule has 0 unspecified atom stereocenters. The molecule has 0 aliphatic rings. The number of benzene rings is 1. The molecule has 2 heteroatoms. The summed E-state index contributed by atoms with van der Waals surface area (Å²) in [7, 11) is 0. The van der Waals surface area contributed by atoms with E-state index in [2.05, 4.69) is 6.92 Å². The van der Waals surface area contributed by atoms with E-state index >= 15 is 0 Å². The van der Waals surface area contributed by atoms with E-state index in [0.29, 0.717) is 5.75 Å². The van der Waals surface area contributed by atoms with E-state index in [9.17, 15) is 0 Å². The van der Waals surface area contributed by atoms with Gasteiger partial charge in [-0.05, 0) is 30.5 Å². The monoisotopic (exact) mass is 262 g/mol. The van der Waals surface area contributed by atoms with Crippen molar-refractivity contribution in [3.8, 4) is 5.75 Å². The van der Waals surface area contributed by atoms with Gasteiger partial charge in [0.2, 0.25) is 0 Å². The van der Waals surface area contributed by atoms with Gasteiger partial charge in [0.1, 0.15) is 5.75 Å². The number of unbranched alkanes of at least 4 members (excludes halogenated alkanes) is 6. The van der Waals surface area contributed by atoms with Gasteiger partial charge in [0.05, 0.1) is 0 Å². The molecular formula is C15H26CaO. The van der Waals surface area contributed by atoms with Gasteiger partial charge >= 0.3 is 37.7 Å². The molecule has 1 nitrogen and oxygen atoms in total. The van der Waals surface area contributed by atoms with Gasteiger partial charge < -0.3 is 5.11 Å². The van der Waals surface area contributed by atoms with Crippen molar-refractivity contribution in [2.24, 2.45) is 0 Å². The number of hydrogen-bond donors (Lipinski definition) is 1. The molecule has 0 fully saturated rings. The van der Waals surface area contributed by atoms with Crippen LogP contribution in [0.15, 0.2) is 24.3 Å². The number of phenolic OH excluding ortho intramolecular Hbond substituents is 1. The minimum atomic E-state index is 0. The Morgan fingerprint density at radius 1 is 0.824 bits per heavy atom. The molecule has 1 rings (SSSR count). The maximum absolute atomic E-state index is 9.15. The van der Waals surface area contributed by atoms with Crippen molar-refractivity contribution in [2.75, 3.05) is 0 Å². The first-order valence-corrected chi connectivity index (χ1v) is 6.61. The average Bonchev–Trinajstić information content (AvgIpc) is 2.30. The van der Waals surface area contributed by atoms with Crippen molar-refractivity contribution >= 4 is 37.7 Å². The van der Waals surface area contributed by atoms with Crippen molar-refractivity contribution in [3.05, 3.63) is 29.8 Å². The van der Waals surface area contributed by atoms with E-state index in [-0.39, 0.29) is 37.7 Å². The van der Waals surface area contributed by atoms with Crippen LogP contribution in [0.3, 0.4) is 0 Å². The molecule has 0 saturated carbocycles. The van der Waals surface area contributed by atoms with Gasteiger partial charge in [0, 0.05) is 0 Å². The van der Waals surface area contributed by atoms with Gasteiger partial charge in [-0.15, -0.1) is 0 Å². The fourth-order valence-corrected chi connectivity index (χ4v) is 1.95. The topological polar surface area (TPSA) is 20.2 Å². The fraction of sp³-hybridized carbons (Fsp3) is 0.600. The first kappa shape index (κ1) is 17.3. The number of aromatic hydroxyl groups is 1. The van der Waals surface area contributed by atoms with Crippen LogP contribution < -0.4 is 0 Å². The molecular weight excluding hydrogens is 236 g/mol. The molecule has 0 aliphatic heterocycles. The van der Waals surface area contributed by atoms with Crippen molar-refractivity contribution in [1.82, 2.24) is 0 Å². The molecule has 0 aliphatic carbocycles. The third-order valence-corrected chi connectivity index (χ3v) is 3.01. The zero-order valence-electron chi connectivity index (χ0n) is 10.4. The maximum atomic E-state index is 9.15. The number of rotatable bonds is 8. The fourth-order valence-electron chi connectivity index (χ4n) is 1.95. The first-order chi connectivity index (χ1) is 7.83. The van der Waals surface area contributed by atoms with Crippen LogP contribution in [-0.2, 0) is 6.42 Å². The second-order valence-electron chi connectivity index (χ2n) is 4.54. The molecule has 0 spiro atoms. The van der Waals surface area contributed by atoms with E-state index in [1.807, 2.05) is 12.1 Å². The van der Waals surface area contributed by atoms with Gasteiger partial charge in [-0.3, -0.25) is 0 Å². The molecule has 0 amide bonds. The summed E-state index contributed by atoms with van der Waals surface area (Å²) in [5.41, 5.74) is 1.34. The summed E-state index contributed by atoms with van der Waals surface area (Å²) >= 11 is 0. The number of phenols is 1. The van der Waals surface area contributed by atoms with Gasteiger partial charge in [-0.2, -0.15) is 0 Å². The predicted molar refractivity (Wildman–Crippen MR) is 78.3 cm³/mol. The van der Waals surface area contributed by atoms with Gasteiger partial charge in [-0.25, -0.2) is 0 Å². The van der Waals surface area contributed by atoms with Crippen LogP contribution in [0.1, 0.15) is 57.4 Å². The normalized spacial score (nSPS) is 9.94. The molecule has 0 aromatic heterocycles. The summed E-state index contributed by atoms with van der Waals surface area (Å²) in [6.45, 7) is 2.25. The zero-order valence-corrected chi connectivity index (χ0v) is 10.4. The summed E-state index contributed by atoms with van der Waals surface area (Å²) in [6, 6.07) is 7.59. The predicted octanol–water partition coefficient (Wildman–Crippen LogP) is 3.77. The van der Waals surface area contributed by atoms with E-state index in [1.165, 1.54) is 50.5 Å². The Bertz CT molecular complexity index is 269. The number of aryl methyl sites for hydroxylation is 1. The summed E-state index contributed by atoms with van der Waals surface area (Å²) in [5.74, 6) is 0.364. The standard InChI is InChI=1S/C15H24O.Ca.2H/c1-2-3-4-5-6-7-8-9-14-10-12-15(16)13-11-14;;;/h10-13,16H,2-9H2,1H3;;;. The van der Waals surface area contributed by atoms with Crippen LogP contribution in [0.5, 0.6) is 5.75 Å². The Kier molecular flexibility index (Phi) is 11.6. The molecule has 0 atom stereocenters. The van der Waals surface area contributed by atoms with Crippen LogP contribution in [0.2, 0.25) is 0 Å². The Morgan fingerprint density at radius 3 is 1.94 bits per heavy atom. The molecule has 1 aromatic rings. The van der Waals surface area contributed by atoms with Crippen molar-refractivity contribution in [1.29, 1.82) is 0 Å². The third kappa shape index (κ3) is 8.93. The van der Waals surface area contributed by atoms with Crippen LogP contribution in [0, 0.1) is 0 Å². The van der Waals surface area contributed by atoms with E-state index in [0.717, 1.165) is 6.42 Å². The zero-order chi connectivity index (χ0) is 11.6. The Labute approximate surface area is 136 Å². The molecule has 1 aromatic carbocycles.